The fourth-order valence-corrected chi connectivity index (χ4v) is 12.8. The molecule has 3 aliphatic rings. The van der Waals surface area contributed by atoms with Crippen LogP contribution in [0.5, 0.6) is 0 Å². The van der Waals surface area contributed by atoms with Crippen LogP contribution in [0.15, 0.2) is 35.4 Å². The van der Waals surface area contributed by atoms with Gasteiger partial charge >= 0.3 is 0 Å². The minimum Gasteiger partial charge on any atom is -0.388 e. The number of aromatic nitrogens is 3. The summed E-state index contributed by atoms with van der Waals surface area (Å²) in [7, 11) is 6.79. The van der Waals surface area contributed by atoms with Gasteiger partial charge in [-0.2, -0.15) is 0 Å². The number of carbonyl (C=O) groups excluding carboxylic acids is 1. The zero-order chi connectivity index (χ0) is 55.2. The zero-order valence-electron chi connectivity index (χ0n) is 46.3. The second-order valence-corrected chi connectivity index (χ2v) is 23.6. The van der Waals surface area contributed by atoms with Crippen molar-refractivity contribution in [3.8, 4) is 0 Å². The molecule has 5 rings (SSSR count). The number of primary amides is 1. The zero-order valence-corrected chi connectivity index (χ0v) is 47.1. The van der Waals surface area contributed by atoms with Gasteiger partial charge in [-0.1, -0.05) is 45.0 Å². The van der Waals surface area contributed by atoms with Gasteiger partial charge in [-0.15, -0.1) is 16.9 Å². The summed E-state index contributed by atoms with van der Waals surface area (Å²) in [5, 5.41) is 81.2. The molecule has 0 radical (unpaired) electrons. The molecule has 19 nitrogen and oxygen atoms in total. The van der Waals surface area contributed by atoms with Gasteiger partial charge in [0, 0.05) is 69.2 Å². The molecular formula is C53H91FN6O13S. The van der Waals surface area contributed by atoms with E-state index in [9.17, 15) is 39.8 Å². The lowest BCUT2D eigenvalue weighted by Crippen LogP contribution is -2.62. The first kappa shape index (κ1) is 62.4. The molecule has 21 atom stereocenters. The molecule has 74 heavy (non-hydrogen) atoms. The summed E-state index contributed by atoms with van der Waals surface area (Å²) < 4.78 is 54.6. The van der Waals surface area contributed by atoms with Crippen LogP contribution in [0.1, 0.15) is 118 Å². The third-order valence-corrected chi connectivity index (χ3v) is 17.6. The lowest BCUT2D eigenvalue weighted by Gasteiger charge is -2.52. The number of likely N-dealkylation sites (N-methyl/N-ethyl adjacent to an activating group) is 2. The third kappa shape index (κ3) is 14.6. The number of nitrogens with zero attached hydrogens (tertiary/aromatic N) is 5. The quantitative estimate of drug-likeness (QED) is 0.112. The fourth-order valence-electron chi connectivity index (χ4n) is 12.1. The lowest BCUT2D eigenvalue weighted by atomic mass is 9.68. The molecule has 2 unspecified atom stereocenters. The van der Waals surface area contributed by atoms with E-state index in [-0.39, 0.29) is 37.0 Å². The Hall–Kier alpha value is -2.45. The molecule has 4 heterocycles. The van der Waals surface area contributed by atoms with Crippen LogP contribution in [0.4, 0.5) is 4.39 Å². The average molecular weight is 1070 g/mol. The van der Waals surface area contributed by atoms with Gasteiger partial charge in [-0.05, 0) is 110 Å². The van der Waals surface area contributed by atoms with E-state index in [2.05, 4.69) is 10.3 Å². The average Bonchev–Trinajstić information content (AvgIpc) is 3.82. The Morgan fingerprint density at radius 3 is 2.24 bits per heavy atom. The first-order chi connectivity index (χ1) is 34.6. The number of aliphatic hydroxyl groups is 6. The highest BCUT2D eigenvalue weighted by molar-refractivity contribution is 8.00. The van der Waals surface area contributed by atoms with Crippen LogP contribution in [0.25, 0.3) is 0 Å². The van der Waals surface area contributed by atoms with Crippen molar-refractivity contribution < 1.29 is 68.2 Å². The van der Waals surface area contributed by atoms with Gasteiger partial charge in [0.25, 0.3) is 0 Å². The standard InChI is InChI=1S/C53H91FN6O13S/c1-15-41-53(10,67)46(63)33(6)59(12)26-29(2)23-51(8,66)48(31(4)43(32(5)49(65)72-41)40-24-52(9,69-14)47(64)34(7)71-40)73-50-44(62)38(22-30(3)70-50)58(11)21-20-36-27-60(57-56-36)39(25-54)45(68-13)35-16-18-37(19-17-35)74-28-42(55)61/h16-19,27,29-34,38-41,43-50,62-67H,15,20-26,28H2,1-14H3,(H2,55,61)/t29-,30-,31+,32-,33-,34+,38+,39-,40?,41-,43+,44-,45-,46-,47+,48-,49?,50+,51-,52-,53-/m1/s1. The number of hydrogen-bond acceptors (Lipinski definition) is 18. The highest BCUT2D eigenvalue weighted by Crippen LogP contribution is 2.46. The summed E-state index contributed by atoms with van der Waals surface area (Å²) in [6.07, 6.45) is -7.44. The molecule has 1 aromatic carbocycles. The maximum absolute atomic E-state index is 14.8. The summed E-state index contributed by atoms with van der Waals surface area (Å²) >= 11 is 1.31. The molecule has 3 fully saturated rings. The second-order valence-electron chi connectivity index (χ2n) is 22.6. The van der Waals surface area contributed by atoms with Crippen molar-refractivity contribution in [3.05, 3.63) is 41.7 Å². The SMILES string of the molecule is CC[C@H]1OC(O)[C@H](C)[C@@H](C2C[C@@](C)(OC)[C@@H](O)[C@H](C)O2)[C@H](C)[C@@H](O[C@@H]2O[C@H](C)C[C@H](N(C)CCc3cn([C@H](CF)[C@H](OC)c4ccc(SCC(N)=O)cc4)nn3)[C@H]2O)[C@](C)(O)C[C@@H](C)CN(C)[C@H](C)[C@@H](O)[C@]1(C)O. The highest BCUT2D eigenvalue weighted by atomic mass is 32.2. The van der Waals surface area contributed by atoms with Gasteiger partial charge in [-0.25, -0.2) is 9.07 Å². The Labute approximate surface area is 442 Å². The molecule has 0 spiro atoms. The van der Waals surface area contributed by atoms with Crippen molar-refractivity contribution in [1.29, 1.82) is 0 Å². The van der Waals surface area contributed by atoms with Crippen LogP contribution >= 0.6 is 11.8 Å². The van der Waals surface area contributed by atoms with Gasteiger partial charge in [0.05, 0.1) is 53.2 Å². The van der Waals surface area contributed by atoms with Crippen LogP contribution in [0, 0.1) is 23.7 Å². The lowest BCUT2D eigenvalue weighted by molar-refractivity contribution is -0.307. The van der Waals surface area contributed by atoms with Crippen molar-refractivity contribution in [2.45, 2.75) is 209 Å². The predicted octanol–water partition coefficient (Wildman–Crippen LogP) is 3.65. The van der Waals surface area contributed by atoms with Crippen LogP contribution in [-0.4, -0.2) is 205 Å². The van der Waals surface area contributed by atoms with Crippen LogP contribution in [0.3, 0.4) is 0 Å². The normalized spacial score (nSPS) is 40.3. The predicted molar refractivity (Wildman–Crippen MR) is 278 cm³/mol. The third-order valence-electron chi connectivity index (χ3n) is 16.6. The number of hydrogen-bond donors (Lipinski definition) is 7. The molecule has 21 heteroatoms. The van der Waals surface area contributed by atoms with E-state index in [0.717, 1.165) is 10.5 Å². The number of rotatable bonds is 17. The number of amides is 1. The van der Waals surface area contributed by atoms with Crippen LogP contribution < -0.4 is 5.73 Å². The van der Waals surface area contributed by atoms with Gasteiger partial charge in [0.1, 0.15) is 42.7 Å². The van der Waals surface area contributed by atoms with E-state index in [1.165, 1.54) is 37.6 Å². The monoisotopic (exact) mass is 1070 g/mol. The van der Waals surface area contributed by atoms with Crippen molar-refractivity contribution >= 4 is 17.7 Å². The smallest absolute Gasteiger partial charge is 0.227 e. The van der Waals surface area contributed by atoms with Crippen molar-refractivity contribution in [1.82, 2.24) is 24.8 Å². The second kappa shape index (κ2) is 26.5. The number of aliphatic hydroxyl groups excluding tert-OH is 4. The molecular weight excluding hydrogens is 980 g/mol. The van der Waals surface area contributed by atoms with E-state index in [4.69, 9.17) is 34.2 Å². The molecule has 424 valence electrons. The Kier molecular flexibility index (Phi) is 22.3. The van der Waals surface area contributed by atoms with Crippen LogP contribution in [0.2, 0.25) is 0 Å². The minimum atomic E-state index is -1.77. The summed E-state index contributed by atoms with van der Waals surface area (Å²) in [4.78, 5) is 16.1. The minimum absolute atomic E-state index is 0.140. The molecule has 1 aromatic heterocycles. The summed E-state index contributed by atoms with van der Waals surface area (Å²) in [5.41, 5.74) is 2.21. The summed E-state index contributed by atoms with van der Waals surface area (Å²) in [6.45, 7) is 18.2. The highest BCUT2D eigenvalue weighted by Gasteiger charge is 2.55. The van der Waals surface area contributed by atoms with Gasteiger partial charge in [0.2, 0.25) is 5.91 Å². The van der Waals surface area contributed by atoms with E-state index >= 15 is 0 Å². The van der Waals surface area contributed by atoms with Gasteiger partial charge in [0.15, 0.2) is 12.6 Å². The summed E-state index contributed by atoms with van der Waals surface area (Å²) in [5.74, 6) is -2.55. The van der Waals surface area contributed by atoms with Crippen molar-refractivity contribution in [3.63, 3.8) is 0 Å². The first-order valence-corrected chi connectivity index (χ1v) is 27.4. The molecule has 0 aliphatic carbocycles. The van der Waals surface area contributed by atoms with Crippen molar-refractivity contribution in [2.24, 2.45) is 29.4 Å². The first-order valence-electron chi connectivity index (χ1n) is 26.4. The molecule has 2 aromatic rings. The number of thioether (sulfide) groups is 1. The number of nitrogens with two attached hydrogens (primary N) is 1. The van der Waals surface area contributed by atoms with E-state index in [1.54, 1.807) is 20.0 Å². The number of methoxy groups -OCH3 is 2. The van der Waals surface area contributed by atoms with E-state index < -0.39 is 127 Å². The number of alkyl halides is 1. The largest absolute Gasteiger partial charge is 0.388 e. The number of benzene rings is 1. The van der Waals surface area contributed by atoms with Gasteiger partial charge in [-0.3, -0.25) is 4.79 Å². The topological polar surface area (TPSA) is 257 Å². The Bertz CT molecular complexity index is 2040. The van der Waals surface area contributed by atoms with Crippen molar-refractivity contribution in [2.75, 3.05) is 53.8 Å². The molecule has 8 N–H and O–H groups in total. The molecule has 0 bridgehead atoms. The Morgan fingerprint density at radius 2 is 1.65 bits per heavy atom. The van der Waals surface area contributed by atoms with E-state index in [0.29, 0.717) is 31.6 Å². The summed E-state index contributed by atoms with van der Waals surface area (Å²) in [6, 6.07) is 5.47. The maximum atomic E-state index is 14.8. The van der Waals surface area contributed by atoms with Gasteiger partial charge < -0.3 is 74.6 Å². The number of halogens is 1. The molecule has 3 aliphatic heterocycles. The molecule has 3 saturated heterocycles. The Morgan fingerprint density at radius 1 is 0.986 bits per heavy atom. The van der Waals surface area contributed by atoms with Crippen LogP contribution in [-0.2, 0) is 39.6 Å². The van der Waals surface area contributed by atoms with E-state index in [1.807, 2.05) is 96.6 Å². The maximum Gasteiger partial charge on any atom is 0.227 e. The number of carbonyl (C=O) groups is 1. The molecule has 0 saturated carbocycles. The number of ether oxygens (including phenoxy) is 6. The Balaban J connectivity index is 1.43. The molecule has 1 amide bonds. The fraction of sp³-hybridized carbons (Fsp3) is 0.830.